The van der Waals surface area contributed by atoms with Crippen molar-refractivity contribution in [2.45, 2.75) is 19.4 Å². The van der Waals surface area contributed by atoms with E-state index >= 15 is 0 Å². The monoisotopic (exact) mass is 230 g/mol. The van der Waals surface area contributed by atoms with Crippen LogP contribution in [0, 0.1) is 0 Å². The number of aliphatic hydroxyl groups is 1. The number of aliphatic hydroxyl groups excluding tert-OH is 1. The molecule has 0 aromatic carbocycles. The van der Waals surface area contributed by atoms with E-state index in [1.54, 1.807) is 7.05 Å². The lowest BCUT2D eigenvalue weighted by atomic mass is 10.3. The van der Waals surface area contributed by atoms with Crippen molar-refractivity contribution < 1.29 is 5.11 Å². The van der Waals surface area contributed by atoms with Gasteiger partial charge in [0.15, 0.2) is 5.82 Å². The van der Waals surface area contributed by atoms with E-state index in [0.29, 0.717) is 29.8 Å². The molecule has 1 atom stereocenters. The Morgan fingerprint density at radius 3 is 2.93 bits per heavy atom. The Labute approximate surface area is 93.9 Å². The number of aromatic nitrogens is 2. The average Bonchev–Trinajstić information content (AvgIpc) is 2.27. The van der Waals surface area contributed by atoms with Crippen LogP contribution in [-0.4, -0.2) is 34.8 Å². The summed E-state index contributed by atoms with van der Waals surface area (Å²) in [6.07, 6.45) is 1.81. The van der Waals surface area contributed by atoms with E-state index in [4.69, 9.17) is 11.6 Å². The van der Waals surface area contributed by atoms with Crippen molar-refractivity contribution in [1.82, 2.24) is 9.97 Å². The molecule has 0 saturated heterocycles. The molecule has 0 amide bonds. The Morgan fingerprint density at radius 2 is 2.33 bits per heavy atom. The number of nitrogens with zero attached hydrogens (tertiary/aromatic N) is 2. The zero-order valence-corrected chi connectivity index (χ0v) is 9.54. The van der Waals surface area contributed by atoms with Gasteiger partial charge in [-0.1, -0.05) is 18.5 Å². The molecule has 1 aromatic heterocycles. The average molecular weight is 231 g/mol. The third kappa shape index (κ3) is 3.53. The topological polar surface area (TPSA) is 70.1 Å². The molecule has 15 heavy (non-hydrogen) atoms. The second kappa shape index (κ2) is 5.72. The predicted molar refractivity (Wildman–Crippen MR) is 61.4 cm³/mol. The van der Waals surface area contributed by atoms with Gasteiger partial charge in [0.25, 0.3) is 0 Å². The number of anilines is 2. The largest absolute Gasteiger partial charge is 0.391 e. The number of hydrogen-bond donors (Lipinski definition) is 3. The van der Waals surface area contributed by atoms with Crippen LogP contribution in [-0.2, 0) is 0 Å². The van der Waals surface area contributed by atoms with E-state index in [1.807, 2.05) is 6.92 Å². The fourth-order valence-corrected chi connectivity index (χ4v) is 1.13. The summed E-state index contributed by atoms with van der Waals surface area (Å²) < 4.78 is 0. The van der Waals surface area contributed by atoms with Gasteiger partial charge in [-0.3, -0.25) is 0 Å². The van der Waals surface area contributed by atoms with Crippen LogP contribution in [0.1, 0.15) is 13.3 Å². The van der Waals surface area contributed by atoms with Crippen LogP contribution in [0.3, 0.4) is 0 Å². The Bertz CT molecular complexity index is 321. The van der Waals surface area contributed by atoms with Gasteiger partial charge < -0.3 is 15.7 Å². The quantitative estimate of drug-likeness (QED) is 0.713. The van der Waals surface area contributed by atoms with Crippen LogP contribution >= 0.6 is 11.6 Å². The van der Waals surface area contributed by atoms with Crippen molar-refractivity contribution in [3.8, 4) is 0 Å². The summed E-state index contributed by atoms with van der Waals surface area (Å²) in [6.45, 7) is 2.34. The molecule has 0 radical (unpaired) electrons. The number of rotatable bonds is 5. The summed E-state index contributed by atoms with van der Waals surface area (Å²) in [6, 6.07) is 0. The minimum absolute atomic E-state index is 0.394. The highest BCUT2D eigenvalue weighted by Gasteiger charge is 2.06. The lowest BCUT2D eigenvalue weighted by Crippen LogP contribution is -2.19. The molecular formula is C9H15ClN4O. The number of hydrogen-bond acceptors (Lipinski definition) is 5. The first-order valence-electron chi connectivity index (χ1n) is 4.79. The molecule has 84 valence electrons. The summed E-state index contributed by atoms with van der Waals surface area (Å²) in [5.74, 6) is 1.02. The summed E-state index contributed by atoms with van der Waals surface area (Å²) >= 11 is 5.88. The Morgan fingerprint density at radius 1 is 1.60 bits per heavy atom. The predicted octanol–water partition coefficient (Wildman–Crippen LogP) is 1.35. The van der Waals surface area contributed by atoms with E-state index in [-0.39, 0.29) is 0 Å². The van der Waals surface area contributed by atoms with E-state index in [1.165, 1.54) is 6.20 Å². The van der Waals surface area contributed by atoms with Crippen LogP contribution in [0.5, 0.6) is 0 Å². The molecule has 0 saturated carbocycles. The minimum atomic E-state index is -0.394. The first-order valence-corrected chi connectivity index (χ1v) is 5.17. The lowest BCUT2D eigenvalue weighted by Gasteiger charge is -2.11. The zero-order chi connectivity index (χ0) is 11.3. The maximum Gasteiger partial charge on any atom is 0.224 e. The van der Waals surface area contributed by atoms with Crippen LogP contribution in [0.4, 0.5) is 11.8 Å². The molecule has 0 fully saturated rings. The van der Waals surface area contributed by atoms with Crippen LogP contribution in [0.25, 0.3) is 0 Å². The third-order valence-corrected chi connectivity index (χ3v) is 2.22. The molecule has 0 spiro atoms. The molecular weight excluding hydrogens is 216 g/mol. The molecule has 1 aromatic rings. The second-order valence-electron chi connectivity index (χ2n) is 3.08. The molecule has 3 N–H and O–H groups in total. The number of halogens is 1. The first kappa shape index (κ1) is 12.0. The van der Waals surface area contributed by atoms with Gasteiger partial charge >= 0.3 is 0 Å². The van der Waals surface area contributed by atoms with Gasteiger partial charge in [-0.15, -0.1) is 0 Å². The molecule has 1 rings (SSSR count). The zero-order valence-electron chi connectivity index (χ0n) is 8.79. The first-order chi connectivity index (χ1) is 7.17. The summed E-state index contributed by atoms with van der Waals surface area (Å²) in [4.78, 5) is 8.07. The Kier molecular flexibility index (Phi) is 4.58. The fourth-order valence-electron chi connectivity index (χ4n) is 0.970. The van der Waals surface area contributed by atoms with Crippen molar-refractivity contribution in [1.29, 1.82) is 0 Å². The van der Waals surface area contributed by atoms with Crippen molar-refractivity contribution in [2.75, 3.05) is 24.2 Å². The van der Waals surface area contributed by atoms with Crippen LogP contribution < -0.4 is 10.6 Å². The number of nitrogens with one attached hydrogen (secondary N) is 2. The van der Waals surface area contributed by atoms with Gasteiger partial charge in [0, 0.05) is 13.6 Å². The smallest absolute Gasteiger partial charge is 0.224 e. The van der Waals surface area contributed by atoms with Gasteiger partial charge in [-0.05, 0) is 6.42 Å². The Hall–Kier alpha value is -1.07. The van der Waals surface area contributed by atoms with Crippen molar-refractivity contribution in [3.05, 3.63) is 11.2 Å². The normalized spacial score (nSPS) is 12.3. The molecule has 0 aliphatic rings. The molecule has 0 aliphatic heterocycles. The van der Waals surface area contributed by atoms with E-state index in [0.717, 1.165) is 0 Å². The highest BCUT2D eigenvalue weighted by Crippen LogP contribution is 2.18. The second-order valence-corrected chi connectivity index (χ2v) is 3.49. The van der Waals surface area contributed by atoms with Crippen LogP contribution in [0.2, 0.25) is 5.02 Å². The van der Waals surface area contributed by atoms with Crippen molar-refractivity contribution in [3.63, 3.8) is 0 Å². The lowest BCUT2D eigenvalue weighted by molar-refractivity contribution is 0.183. The summed E-state index contributed by atoms with van der Waals surface area (Å²) in [7, 11) is 1.73. The highest BCUT2D eigenvalue weighted by molar-refractivity contribution is 6.32. The molecule has 0 aliphatic carbocycles. The van der Waals surface area contributed by atoms with E-state index < -0.39 is 6.10 Å². The molecule has 5 nitrogen and oxygen atoms in total. The maximum absolute atomic E-state index is 9.37. The van der Waals surface area contributed by atoms with E-state index in [9.17, 15) is 5.11 Å². The summed E-state index contributed by atoms with van der Waals surface area (Å²) in [5, 5.41) is 15.6. The third-order valence-electron chi connectivity index (χ3n) is 1.94. The van der Waals surface area contributed by atoms with Gasteiger partial charge in [0.05, 0.1) is 12.3 Å². The SMILES string of the molecule is CCC(O)CNc1nc(NC)ncc1Cl. The van der Waals surface area contributed by atoms with Gasteiger partial charge in [-0.25, -0.2) is 4.98 Å². The van der Waals surface area contributed by atoms with Gasteiger partial charge in [0.2, 0.25) is 5.95 Å². The molecule has 1 heterocycles. The molecule has 1 unspecified atom stereocenters. The fraction of sp³-hybridized carbons (Fsp3) is 0.556. The maximum atomic E-state index is 9.37. The van der Waals surface area contributed by atoms with Gasteiger partial charge in [-0.2, -0.15) is 4.98 Å². The highest BCUT2D eigenvalue weighted by atomic mass is 35.5. The van der Waals surface area contributed by atoms with Crippen molar-refractivity contribution >= 4 is 23.4 Å². The van der Waals surface area contributed by atoms with Crippen molar-refractivity contribution in [2.24, 2.45) is 0 Å². The minimum Gasteiger partial charge on any atom is -0.391 e. The van der Waals surface area contributed by atoms with Gasteiger partial charge in [0.1, 0.15) is 5.02 Å². The molecule has 0 bridgehead atoms. The Balaban J connectivity index is 2.66. The molecule has 6 heteroatoms. The van der Waals surface area contributed by atoms with E-state index in [2.05, 4.69) is 20.6 Å². The summed E-state index contributed by atoms with van der Waals surface area (Å²) in [5.41, 5.74) is 0. The standard InChI is InChI=1S/C9H15ClN4O/c1-3-6(15)4-12-8-7(10)5-13-9(11-2)14-8/h5-6,15H,3-4H2,1-2H3,(H2,11,12,13,14). The van der Waals surface area contributed by atoms with Crippen LogP contribution in [0.15, 0.2) is 6.20 Å².